The van der Waals surface area contributed by atoms with Crippen LogP contribution in [0.5, 0.6) is 0 Å². The van der Waals surface area contributed by atoms with Crippen molar-refractivity contribution in [1.82, 2.24) is 0 Å². The number of nitro benzene ring substituents is 1. The predicted molar refractivity (Wildman–Crippen MR) is 72.5 cm³/mol. The van der Waals surface area contributed by atoms with Gasteiger partial charge in [0.2, 0.25) is 0 Å². The number of nitro groups is 1. The van der Waals surface area contributed by atoms with Gasteiger partial charge in [-0.2, -0.15) is 5.11 Å². The van der Waals surface area contributed by atoms with E-state index in [1.54, 1.807) is 36.4 Å². The van der Waals surface area contributed by atoms with Gasteiger partial charge in [-0.3, -0.25) is 10.1 Å². The lowest BCUT2D eigenvalue weighted by Gasteiger charge is -1.96. The summed E-state index contributed by atoms with van der Waals surface area (Å²) in [5.41, 5.74) is 9.30. The molecule has 0 N–H and O–H groups in total. The summed E-state index contributed by atoms with van der Waals surface area (Å²) in [7, 11) is 0. The zero-order chi connectivity index (χ0) is 14.4. The van der Waals surface area contributed by atoms with Crippen LogP contribution in [0.15, 0.2) is 63.9 Å². The van der Waals surface area contributed by atoms with E-state index in [1.807, 2.05) is 0 Å². The van der Waals surface area contributed by atoms with Gasteiger partial charge in [0.15, 0.2) is 5.69 Å². The Balaban J connectivity index is 2.25. The van der Waals surface area contributed by atoms with Crippen LogP contribution >= 0.6 is 0 Å². The summed E-state index contributed by atoms with van der Waals surface area (Å²) in [5, 5.41) is 22.0. The number of benzene rings is 2. The van der Waals surface area contributed by atoms with Crippen molar-refractivity contribution in [3.05, 3.63) is 69.1 Å². The Morgan fingerprint density at radius 2 is 1.65 bits per heavy atom. The van der Waals surface area contributed by atoms with Crippen LogP contribution in [0.25, 0.3) is 10.4 Å². The lowest BCUT2D eigenvalue weighted by atomic mass is 10.3. The van der Waals surface area contributed by atoms with Crippen LogP contribution in [0, 0.1) is 10.1 Å². The number of hydrogen-bond acceptors (Lipinski definition) is 5. The molecule has 0 aliphatic carbocycles. The number of nitrogens with zero attached hydrogens (tertiary/aromatic N) is 6. The van der Waals surface area contributed by atoms with E-state index < -0.39 is 4.92 Å². The highest BCUT2D eigenvalue weighted by atomic mass is 16.6. The summed E-state index contributed by atoms with van der Waals surface area (Å²) in [5.74, 6) is 0. The topological polar surface area (TPSA) is 117 Å². The Hall–Kier alpha value is -3.25. The van der Waals surface area contributed by atoms with E-state index in [0.717, 1.165) is 0 Å². The van der Waals surface area contributed by atoms with Crippen molar-refractivity contribution >= 4 is 22.7 Å². The Kier molecular flexibility index (Phi) is 4.01. The molecule has 20 heavy (non-hydrogen) atoms. The lowest BCUT2D eigenvalue weighted by molar-refractivity contribution is -0.384. The fourth-order valence-corrected chi connectivity index (χ4v) is 1.45. The second-order valence-electron chi connectivity index (χ2n) is 3.65. The summed E-state index contributed by atoms with van der Waals surface area (Å²) in [6.45, 7) is 0. The Bertz CT molecular complexity index is 704. The first-order valence-corrected chi connectivity index (χ1v) is 5.51. The van der Waals surface area contributed by atoms with Gasteiger partial charge >= 0.3 is 0 Å². The minimum absolute atomic E-state index is 0.109. The molecule has 0 aromatic heterocycles. The molecule has 0 aliphatic heterocycles. The van der Waals surface area contributed by atoms with Crippen molar-refractivity contribution in [2.45, 2.75) is 0 Å². The summed E-state index contributed by atoms with van der Waals surface area (Å²) >= 11 is 0. The number of para-hydroxylation sites is 1. The maximum absolute atomic E-state index is 10.8. The van der Waals surface area contributed by atoms with Crippen molar-refractivity contribution in [2.75, 3.05) is 0 Å². The van der Waals surface area contributed by atoms with Gasteiger partial charge in [-0.1, -0.05) is 29.4 Å². The monoisotopic (exact) mass is 268 g/mol. The van der Waals surface area contributed by atoms with Gasteiger partial charge in [0.1, 0.15) is 0 Å². The molecule has 0 radical (unpaired) electrons. The highest BCUT2D eigenvalue weighted by Gasteiger charge is 2.11. The highest BCUT2D eigenvalue weighted by molar-refractivity contribution is 5.57. The van der Waals surface area contributed by atoms with Crippen molar-refractivity contribution in [3.63, 3.8) is 0 Å². The van der Waals surface area contributed by atoms with E-state index in [4.69, 9.17) is 5.53 Å². The molecular weight excluding hydrogens is 260 g/mol. The van der Waals surface area contributed by atoms with E-state index in [-0.39, 0.29) is 11.4 Å². The first-order chi connectivity index (χ1) is 9.70. The molecule has 0 fully saturated rings. The molecule has 0 saturated carbocycles. The van der Waals surface area contributed by atoms with Crippen LogP contribution in [-0.2, 0) is 0 Å². The van der Waals surface area contributed by atoms with Gasteiger partial charge in [0.05, 0.1) is 10.6 Å². The normalized spacial score (nSPS) is 10.2. The average Bonchev–Trinajstić information content (AvgIpc) is 2.47. The first kappa shape index (κ1) is 13.2. The molecule has 0 heterocycles. The lowest BCUT2D eigenvalue weighted by Crippen LogP contribution is -1.86. The molecule has 0 atom stereocenters. The molecule has 0 aliphatic rings. The fraction of sp³-hybridized carbons (Fsp3) is 0. The maximum Gasteiger partial charge on any atom is 0.296 e. The molecular formula is C12H8N6O2. The average molecular weight is 268 g/mol. The predicted octanol–water partition coefficient (Wildman–Crippen LogP) is 4.95. The zero-order valence-corrected chi connectivity index (χ0v) is 10.1. The van der Waals surface area contributed by atoms with E-state index in [2.05, 4.69) is 20.3 Å². The Labute approximate surface area is 113 Å². The summed E-state index contributed by atoms with van der Waals surface area (Å²) < 4.78 is 0. The molecule has 0 saturated heterocycles. The molecule has 2 rings (SSSR count). The van der Waals surface area contributed by atoms with Crippen LogP contribution in [0.3, 0.4) is 0 Å². The van der Waals surface area contributed by atoms with Gasteiger partial charge in [-0.25, -0.2) is 0 Å². The summed E-state index contributed by atoms with van der Waals surface area (Å²) in [4.78, 5) is 12.9. The molecule has 98 valence electrons. The van der Waals surface area contributed by atoms with Crippen molar-refractivity contribution in [1.29, 1.82) is 0 Å². The van der Waals surface area contributed by atoms with Crippen LogP contribution in [0.2, 0.25) is 0 Å². The number of azo groups is 1. The largest absolute Gasteiger partial charge is 0.296 e. The number of azide groups is 1. The number of hydrogen-bond donors (Lipinski definition) is 0. The Morgan fingerprint density at radius 3 is 2.30 bits per heavy atom. The molecule has 2 aromatic carbocycles. The van der Waals surface area contributed by atoms with Gasteiger partial charge < -0.3 is 0 Å². The van der Waals surface area contributed by atoms with Crippen LogP contribution in [0.1, 0.15) is 0 Å². The molecule has 8 nitrogen and oxygen atoms in total. The van der Waals surface area contributed by atoms with E-state index in [1.165, 1.54) is 12.1 Å². The van der Waals surface area contributed by atoms with Gasteiger partial charge in [-0.05, 0) is 23.7 Å². The minimum atomic E-state index is -0.515. The van der Waals surface area contributed by atoms with Crippen LogP contribution in [0.4, 0.5) is 22.7 Å². The van der Waals surface area contributed by atoms with Gasteiger partial charge in [-0.15, -0.1) is 5.11 Å². The van der Waals surface area contributed by atoms with Crippen LogP contribution < -0.4 is 0 Å². The molecule has 0 unspecified atom stereocenters. The molecule has 0 amide bonds. The van der Waals surface area contributed by atoms with Crippen molar-refractivity contribution in [3.8, 4) is 0 Å². The van der Waals surface area contributed by atoms with E-state index in [9.17, 15) is 10.1 Å². The van der Waals surface area contributed by atoms with Crippen molar-refractivity contribution < 1.29 is 4.92 Å². The smallest absolute Gasteiger partial charge is 0.258 e. The van der Waals surface area contributed by atoms with Gasteiger partial charge in [0.25, 0.3) is 5.69 Å². The fourth-order valence-electron chi connectivity index (χ4n) is 1.45. The number of rotatable bonds is 4. The third-order valence-corrected chi connectivity index (χ3v) is 2.36. The zero-order valence-electron chi connectivity index (χ0n) is 10.1. The van der Waals surface area contributed by atoms with E-state index in [0.29, 0.717) is 11.4 Å². The molecule has 8 heteroatoms. The quantitative estimate of drug-likeness (QED) is 0.256. The standard InChI is InChI=1S/C12H8N6O2/c13-17-15-10-7-5-9(6-8-10)14-16-11-3-1-2-4-12(11)18(19)20/h1-8H. The van der Waals surface area contributed by atoms with E-state index >= 15 is 0 Å². The second kappa shape index (κ2) is 6.07. The first-order valence-electron chi connectivity index (χ1n) is 5.51. The molecule has 0 spiro atoms. The Morgan fingerprint density at radius 1 is 1.00 bits per heavy atom. The van der Waals surface area contributed by atoms with Crippen molar-refractivity contribution in [2.24, 2.45) is 15.3 Å². The van der Waals surface area contributed by atoms with Gasteiger partial charge in [0, 0.05) is 16.7 Å². The van der Waals surface area contributed by atoms with Crippen LogP contribution in [-0.4, -0.2) is 4.92 Å². The maximum atomic E-state index is 10.8. The third-order valence-electron chi connectivity index (χ3n) is 2.36. The summed E-state index contributed by atoms with van der Waals surface area (Å²) in [6.07, 6.45) is 0. The third kappa shape index (κ3) is 3.15. The summed E-state index contributed by atoms with van der Waals surface area (Å²) in [6, 6.07) is 12.4. The molecule has 2 aromatic rings. The highest BCUT2D eigenvalue weighted by Crippen LogP contribution is 2.28. The molecule has 0 bridgehead atoms. The minimum Gasteiger partial charge on any atom is -0.258 e. The second-order valence-corrected chi connectivity index (χ2v) is 3.65. The SMILES string of the molecule is [N-]=[N+]=Nc1ccc(N=Nc2ccccc2[N+](=O)[O-])cc1.